The molecule has 2 amide bonds. The molecule has 66 valence electrons. The second-order valence-electron chi connectivity index (χ2n) is 2.72. The molecule has 0 spiro atoms. The summed E-state index contributed by atoms with van der Waals surface area (Å²) in [6, 6.07) is 0.434. The van der Waals surface area contributed by atoms with Crippen LogP contribution in [0.4, 0.5) is 4.79 Å². The number of rotatable bonds is 1. The molecule has 1 rings (SSSR count). The zero-order valence-electron chi connectivity index (χ0n) is 7.37. The molecule has 3 nitrogen and oxygen atoms in total. The molecule has 1 saturated heterocycles. The van der Waals surface area contributed by atoms with Crippen LogP contribution in [0.25, 0.3) is 0 Å². The molecule has 1 atom stereocenters. The summed E-state index contributed by atoms with van der Waals surface area (Å²) in [6.07, 6.45) is 1.11. The van der Waals surface area contributed by atoms with Crippen molar-refractivity contribution in [3.8, 4) is 0 Å². The average Bonchev–Trinajstić information content (AvgIpc) is 2.17. The van der Waals surface area contributed by atoms with Gasteiger partial charge in [-0.3, -0.25) is 4.79 Å². The van der Waals surface area contributed by atoms with Gasteiger partial charge in [0.2, 0.25) is 16.0 Å². The first-order valence-corrected chi connectivity index (χ1v) is 6.43. The first-order valence-electron chi connectivity index (χ1n) is 3.94. The molecule has 0 aliphatic carbocycles. The highest BCUT2D eigenvalue weighted by molar-refractivity contribution is 8.76. The van der Waals surface area contributed by atoms with Gasteiger partial charge in [0.25, 0.3) is 6.03 Å². The number of nitrogens with zero attached hydrogens (tertiary/aromatic N) is 1. The highest BCUT2D eigenvalue weighted by atomic mass is 33.1. The number of urea groups is 1. The van der Waals surface area contributed by atoms with Crippen molar-refractivity contribution in [2.24, 2.45) is 0 Å². The molecule has 12 heavy (non-hydrogen) atoms. The number of amides is 2. The second-order valence-corrected chi connectivity index (χ2v) is 5.34. The summed E-state index contributed by atoms with van der Waals surface area (Å²) in [7, 11) is 7.28. The molecular formula is C5H12B2N2OS2. The van der Waals surface area contributed by atoms with Crippen molar-refractivity contribution in [3.05, 3.63) is 0 Å². The fourth-order valence-corrected chi connectivity index (χ4v) is 3.63. The standard InChI is InChI=1S/C5H12B2N2OS2/c6-8-5(10)9(7)4-1-2-11-12-3-4/h4H,1-3,6-7H2,(H,8,10). The van der Waals surface area contributed by atoms with Gasteiger partial charge in [0.05, 0.1) is 0 Å². The molecule has 0 aromatic heterocycles. The van der Waals surface area contributed by atoms with E-state index in [4.69, 9.17) is 0 Å². The quantitative estimate of drug-likeness (QED) is 0.448. The summed E-state index contributed by atoms with van der Waals surface area (Å²) < 4.78 is 0. The van der Waals surface area contributed by atoms with Crippen LogP contribution < -0.4 is 5.23 Å². The van der Waals surface area contributed by atoms with Crippen molar-refractivity contribution in [2.75, 3.05) is 11.5 Å². The molecule has 0 bridgehead atoms. The van der Waals surface area contributed by atoms with E-state index in [0.29, 0.717) is 6.04 Å². The Hall–Kier alpha value is 0.0999. The van der Waals surface area contributed by atoms with E-state index in [1.165, 1.54) is 0 Å². The Balaban J connectivity index is 2.39. The van der Waals surface area contributed by atoms with Gasteiger partial charge < -0.3 is 10.0 Å². The maximum Gasteiger partial charge on any atom is 0.292 e. The third-order valence-electron chi connectivity index (χ3n) is 1.96. The van der Waals surface area contributed by atoms with Crippen molar-refractivity contribution in [1.29, 1.82) is 0 Å². The summed E-state index contributed by atoms with van der Waals surface area (Å²) in [6.45, 7) is 0. The topological polar surface area (TPSA) is 32.3 Å². The van der Waals surface area contributed by atoms with E-state index in [9.17, 15) is 4.79 Å². The summed E-state index contributed by atoms with van der Waals surface area (Å²) in [5, 5.41) is 2.63. The molecule has 1 fully saturated rings. The molecular weight excluding hydrogens is 190 g/mol. The molecule has 1 aliphatic rings. The number of carbonyl (C=O) groups is 1. The van der Waals surface area contributed by atoms with Crippen LogP contribution in [0.2, 0.25) is 0 Å². The maximum atomic E-state index is 11.2. The third-order valence-corrected chi connectivity index (χ3v) is 4.46. The molecule has 0 radical (unpaired) electrons. The minimum atomic E-state index is 0.0208. The molecule has 0 saturated carbocycles. The van der Waals surface area contributed by atoms with Gasteiger partial charge in [-0.1, -0.05) is 21.6 Å². The SMILES string of the molecule is BNC(=O)N(B)C1CCSSC1. The minimum Gasteiger partial charge on any atom is -0.389 e. The lowest BCUT2D eigenvalue weighted by molar-refractivity contribution is 0.221. The van der Waals surface area contributed by atoms with Crippen LogP contribution in [0.3, 0.4) is 0 Å². The van der Waals surface area contributed by atoms with Crippen LogP contribution in [0.5, 0.6) is 0 Å². The van der Waals surface area contributed by atoms with E-state index < -0.39 is 0 Å². The Bertz CT molecular complexity index is 166. The molecule has 0 aromatic rings. The van der Waals surface area contributed by atoms with Gasteiger partial charge in [-0.2, -0.15) is 0 Å². The van der Waals surface area contributed by atoms with Crippen molar-refractivity contribution in [3.63, 3.8) is 0 Å². The number of hydrogen-bond acceptors (Lipinski definition) is 3. The van der Waals surface area contributed by atoms with E-state index in [1.54, 1.807) is 12.8 Å². The fourth-order valence-electron chi connectivity index (χ4n) is 1.10. The smallest absolute Gasteiger partial charge is 0.292 e. The molecule has 7 heteroatoms. The first kappa shape index (κ1) is 10.2. The van der Waals surface area contributed by atoms with Gasteiger partial charge in [0, 0.05) is 17.5 Å². The van der Waals surface area contributed by atoms with Crippen molar-refractivity contribution in [1.82, 2.24) is 10.0 Å². The van der Waals surface area contributed by atoms with Crippen LogP contribution in [-0.2, 0) is 0 Å². The molecule has 1 unspecified atom stereocenters. The zero-order valence-corrected chi connectivity index (χ0v) is 9.00. The highest BCUT2D eigenvalue weighted by Gasteiger charge is 2.20. The Morgan fingerprint density at radius 3 is 2.83 bits per heavy atom. The second kappa shape index (κ2) is 4.97. The molecule has 1 aliphatic heterocycles. The van der Waals surface area contributed by atoms with E-state index in [0.717, 1.165) is 17.9 Å². The molecule has 1 heterocycles. The average molecular weight is 202 g/mol. The van der Waals surface area contributed by atoms with Crippen molar-refractivity contribution < 1.29 is 4.79 Å². The van der Waals surface area contributed by atoms with Crippen molar-refractivity contribution in [2.45, 2.75) is 12.5 Å². The van der Waals surface area contributed by atoms with Crippen LogP contribution >= 0.6 is 21.6 Å². The van der Waals surface area contributed by atoms with E-state index in [-0.39, 0.29) is 6.03 Å². The van der Waals surface area contributed by atoms with Gasteiger partial charge in [-0.05, 0) is 6.42 Å². The van der Waals surface area contributed by atoms with Gasteiger partial charge in [-0.15, -0.1) is 0 Å². The lowest BCUT2D eigenvalue weighted by Gasteiger charge is -2.30. The zero-order chi connectivity index (χ0) is 8.97. The normalized spacial score (nSPS) is 23.2. The van der Waals surface area contributed by atoms with Gasteiger partial charge in [-0.25, -0.2) is 0 Å². The lowest BCUT2D eigenvalue weighted by atomic mass is 10.1. The van der Waals surface area contributed by atoms with Gasteiger partial charge in [0.15, 0.2) is 0 Å². The fraction of sp³-hybridized carbons (Fsp3) is 0.800. The summed E-state index contributed by atoms with van der Waals surface area (Å²) in [5.74, 6) is 2.20. The van der Waals surface area contributed by atoms with Crippen LogP contribution in [0, 0.1) is 0 Å². The van der Waals surface area contributed by atoms with Crippen LogP contribution in [0.15, 0.2) is 0 Å². The van der Waals surface area contributed by atoms with Gasteiger partial charge in [0.1, 0.15) is 0 Å². The van der Waals surface area contributed by atoms with Crippen LogP contribution in [-0.4, -0.2) is 44.4 Å². The highest BCUT2D eigenvalue weighted by Crippen LogP contribution is 2.30. The Kier molecular flexibility index (Phi) is 4.21. The third kappa shape index (κ3) is 2.55. The molecule has 1 N–H and O–H groups in total. The number of nitrogens with one attached hydrogen (secondary N) is 1. The molecule has 0 aromatic carbocycles. The number of hydrogen-bond donors (Lipinski definition) is 1. The van der Waals surface area contributed by atoms with E-state index in [1.807, 2.05) is 29.6 Å². The minimum absolute atomic E-state index is 0.0208. The Labute approximate surface area is 82.7 Å². The van der Waals surface area contributed by atoms with E-state index >= 15 is 0 Å². The maximum absolute atomic E-state index is 11.2. The predicted octanol–water partition coefficient (Wildman–Crippen LogP) is -0.752. The monoisotopic (exact) mass is 202 g/mol. The largest absolute Gasteiger partial charge is 0.389 e. The summed E-state index contributed by atoms with van der Waals surface area (Å²) in [4.78, 5) is 13.0. The number of carbonyl (C=O) groups excluding carboxylic acids is 1. The van der Waals surface area contributed by atoms with Crippen molar-refractivity contribution >= 4 is 43.6 Å². The summed E-state index contributed by atoms with van der Waals surface area (Å²) in [5.41, 5.74) is 0. The van der Waals surface area contributed by atoms with Gasteiger partial charge >= 0.3 is 0 Å². The van der Waals surface area contributed by atoms with E-state index in [2.05, 4.69) is 5.23 Å². The van der Waals surface area contributed by atoms with Crippen LogP contribution in [0.1, 0.15) is 6.42 Å². The Morgan fingerprint density at radius 2 is 2.33 bits per heavy atom. The summed E-state index contributed by atoms with van der Waals surface area (Å²) >= 11 is 0. The predicted molar refractivity (Wildman–Crippen MR) is 60.8 cm³/mol. The Morgan fingerprint density at radius 1 is 1.58 bits per heavy atom. The first-order chi connectivity index (χ1) is 5.75. The lowest BCUT2D eigenvalue weighted by Crippen LogP contribution is -2.45.